The number of hydrogen-bond acceptors (Lipinski definition) is 4. The maximum Gasteiger partial charge on any atom is 0.274 e. The molecule has 0 atom stereocenters. The summed E-state index contributed by atoms with van der Waals surface area (Å²) in [6, 6.07) is 26.4. The van der Waals surface area contributed by atoms with Gasteiger partial charge in [0.1, 0.15) is 11.6 Å². The van der Waals surface area contributed by atoms with Crippen molar-refractivity contribution in [2.75, 3.05) is 26.2 Å². The molecule has 0 aliphatic carbocycles. The number of halogens is 1. The molecule has 1 fully saturated rings. The van der Waals surface area contributed by atoms with E-state index in [-0.39, 0.29) is 18.5 Å². The predicted molar refractivity (Wildman–Crippen MR) is 132 cm³/mol. The van der Waals surface area contributed by atoms with Crippen molar-refractivity contribution in [3.05, 3.63) is 108 Å². The minimum Gasteiger partial charge on any atom is -0.471 e. The van der Waals surface area contributed by atoms with Gasteiger partial charge < -0.3 is 9.64 Å². The Hall–Kier alpha value is -3.97. The highest BCUT2D eigenvalue weighted by atomic mass is 19.1. The van der Waals surface area contributed by atoms with Gasteiger partial charge in [-0.25, -0.2) is 9.07 Å². The number of ether oxygens (including phenoxy) is 1. The summed E-state index contributed by atoms with van der Waals surface area (Å²) in [5.74, 6) is 0.442. The molecular formula is C28H27FN4O2. The molecule has 0 spiro atoms. The van der Waals surface area contributed by atoms with Crippen LogP contribution in [0.3, 0.4) is 0 Å². The van der Waals surface area contributed by atoms with Crippen LogP contribution in [0.5, 0.6) is 5.75 Å². The van der Waals surface area contributed by atoms with Gasteiger partial charge in [-0.2, -0.15) is 5.10 Å². The summed E-state index contributed by atoms with van der Waals surface area (Å²) in [5.41, 5.74) is 3.77. The maximum atomic E-state index is 13.1. The zero-order chi connectivity index (χ0) is 24.0. The summed E-state index contributed by atoms with van der Waals surface area (Å²) in [4.78, 5) is 17.0. The smallest absolute Gasteiger partial charge is 0.274 e. The van der Waals surface area contributed by atoms with E-state index in [0.717, 1.165) is 42.1 Å². The van der Waals surface area contributed by atoms with Crippen LogP contribution < -0.4 is 4.74 Å². The zero-order valence-corrected chi connectivity index (χ0v) is 19.4. The SMILES string of the molecule is O=C(c1ccn(COc2ccc(-c3ccccc3)cc2)n1)N1CCN(Cc2ccc(F)cc2)CC1. The minimum absolute atomic E-state index is 0.0719. The highest BCUT2D eigenvalue weighted by Gasteiger charge is 2.23. The summed E-state index contributed by atoms with van der Waals surface area (Å²) < 4.78 is 20.6. The lowest BCUT2D eigenvalue weighted by Gasteiger charge is -2.34. The highest BCUT2D eigenvalue weighted by Crippen LogP contribution is 2.22. The van der Waals surface area contributed by atoms with Gasteiger partial charge in [-0.1, -0.05) is 54.6 Å². The molecule has 1 aliphatic rings. The molecule has 3 aromatic carbocycles. The first kappa shape index (κ1) is 22.8. The van der Waals surface area contributed by atoms with E-state index in [0.29, 0.717) is 18.8 Å². The molecule has 2 heterocycles. The Morgan fingerprint density at radius 3 is 2.23 bits per heavy atom. The molecule has 0 unspecified atom stereocenters. The first-order valence-electron chi connectivity index (χ1n) is 11.7. The lowest BCUT2D eigenvalue weighted by atomic mass is 10.1. The molecule has 35 heavy (non-hydrogen) atoms. The molecule has 0 saturated carbocycles. The topological polar surface area (TPSA) is 50.6 Å². The van der Waals surface area contributed by atoms with Gasteiger partial charge in [-0.3, -0.25) is 9.69 Å². The Balaban J connectivity index is 1.11. The standard InChI is InChI=1S/C28H27FN4O2/c29-25-10-6-22(7-11-25)20-31-16-18-32(19-17-31)28(34)27-14-15-33(30-27)21-35-26-12-8-24(9-13-26)23-4-2-1-3-5-23/h1-15H,16-21H2. The Kier molecular flexibility index (Phi) is 6.86. The molecule has 7 heteroatoms. The van der Waals surface area contributed by atoms with Crippen LogP contribution in [0.2, 0.25) is 0 Å². The van der Waals surface area contributed by atoms with Crippen LogP contribution in [-0.4, -0.2) is 51.7 Å². The lowest BCUT2D eigenvalue weighted by molar-refractivity contribution is 0.0620. The first-order valence-corrected chi connectivity index (χ1v) is 11.7. The first-order chi connectivity index (χ1) is 17.1. The van der Waals surface area contributed by atoms with E-state index >= 15 is 0 Å². The van der Waals surface area contributed by atoms with Gasteiger partial charge in [0.25, 0.3) is 5.91 Å². The predicted octanol–water partition coefficient (Wildman–Crippen LogP) is 4.68. The molecule has 1 aliphatic heterocycles. The number of amides is 1. The molecular weight excluding hydrogens is 443 g/mol. The monoisotopic (exact) mass is 470 g/mol. The van der Waals surface area contributed by atoms with Crippen LogP contribution >= 0.6 is 0 Å². The third kappa shape index (κ3) is 5.75. The van der Waals surface area contributed by atoms with Crippen LogP contribution in [-0.2, 0) is 13.3 Å². The molecule has 6 nitrogen and oxygen atoms in total. The van der Waals surface area contributed by atoms with Crippen molar-refractivity contribution in [1.82, 2.24) is 19.6 Å². The van der Waals surface area contributed by atoms with Crippen molar-refractivity contribution in [2.45, 2.75) is 13.3 Å². The highest BCUT2D eigenvalue weighted by molar-refractivity contribution is 5.92. The van der Waals surface area contributed by atoms with E-state index in [9.17, 15) is 9.18 Å². The second-order valence-corrected chi connectivity index (χ2v) is 8.60. The Morgan fingerprint density at radius 2 is 1.51 bits per heavy atom. The van der Waals surface area contributed by atoms with Crippen LogP contribution in [0.15, 0.2) is 91.1 Å². The molecule has 0 radical (unpaired) electrons. The number of nitrogens with zero attached hydrogens (tertiary/aromatic N) is 4. The van der Waals surface area contributed by atoms with E-state index in [1.54, 1.807) is 29.1 Å². The third-order valence-corrected chi connectivity index (χ3v) is 6.16. The number of carbonyl (C=O) groups is 1. The Bertz CT molecular complexity index is 1250. The van der Waals surface area contributed by atoms with Gasteiger partial charge in [0.2, 0.25) is 0 Å². The zero-order valence-electron chi connectivity index (χ0n) is 19.4. The second-order valence-electron chi connectivity index (χ2n) is 8.60. The normalized spacial score (nSPS) is 14.1. The molecule has 5 rings (SSSR count). The fourth-order valence-corrected chi connectivity index (χ4v) is 4.18. The molecule has 1 saturated heterocycles. The van der Waals surface area contributed by atoms with E-state index in [1.165, 1.54) is 12.1 Å². The molecule has 0 N–H and O–H groups in total. The van der Waals surface area contributed by atoms with Crippen LogP contribution in [0.1, 0.15) is 16.1 Å². The summed E-state index contributed by atoms with van der Waals surface area (Å²) in [5, 5.41) is 4.41. The van der Waals surface area contributed by atoms with Gasteiger partial charge in [-0.15, -0.1) is 0 Å². The molecule has 0 bridgehead atoms. The number of aromatic nitrogens is 2. The van der Waals surface area contributed by atoms with Gasteiger partial charge >= 0.3 is 0 Å². The fraction of sp³-hybridized carbons (Fsp3) is 0.214. The van der Waals surface area contributed by atoms with E-state index < -0.39 is 0 Å². The van der Waals surface area contributed by atoms with E-state index in [2.05, 4.69) is 22.1 Å². The summed E-state index contributed by atoms with van der Waals surface area (Å²) >= 11 is 0. The quantitative estimate of drug-likeness (QED) is 0.394. The van der Waals surface area contributed by atoms with Crippen LogP contribution in [0.25, 0.3) is 11.1 Å². The Morgan fingerprint density at radius 1 is 0.829 bits per heavy atom. The third-order valence-electron chi connectivity index (χ3n) is 6.16. The van der Waals surface area contributed by atoms with Gasteiger partial charge in [-0.05, 0) is 47.0 Å². The average molecular weight is 471 g/mol. The van der Waals surface area contributed by atoms with E-state index in [1.807, 2.05) is 47.4 Å². The van der Waals surface area contributed by atoms with Gasteiger partial charge in [0.05, 0.1) is 0 Å². The Labute approximate surface area is 204 Å². The summed E-state index contributed by atoms with van der Waals surface area (Å²) in [6.07, 6.45) is 1.76. The van der Waals surface area contributed by atoms with Crippen molar-refractivity contribution < 1.29 is 13.9 Å². The number of benzene rings is 3. The summed E-state index contributed by atoms with van der Waals surface area (Å²) in [6.45, 7) is 3.79. The second kappa shape index (κ2) is 10.5. The van der Waals surface area contributed by atoms with Gasteiger partial charge in [0.15, 0.2) is 12.4 Å². The average Bonchev–Trinajstić information content (AvgIpc) is 3.39. The number of rotatable bonds is 7. The largest absolute Gasteiger partial charge is 0.471 e. The summed E-state index contributed by atoms with van der Waals surface area (Å²) in [7, 11) is 0. The fourth-order valence-electron chi connectivity index (χ4n) is 4.18. The van der Waals surface area contributed by atoms with Gasteiger partial charge in [0, 0.05) is 38.9 Å². The molecule has 1 aromatic heterocycles. The van der Waals surface area contributed by atoms with Crippen molar-refractivity contribution in [2.24, 2.45) is 0 Å². The molecule has 4 aromatic rings. The van der Waals surface area contributed by atoms with Crippen molar-refractivity contribution >= 4 is 5.91 Å². The number of carbonyl (C=O) groups excluding carboxylic acids is 1. The van der Waals surface area contributed by atoms with Crippen molar-refractivity contribution in [3.63, 3.8) is 0 Å². The van der Waals surface area contributed by atoms with Crippen LogP contribution in [0.4, 0.5) is 4.39 Å². The van der Waals surface area contributed by atoms with Crippen molar-refractivity contribution in [1.29, 1.82) is 0 Å². The maximum absolute atomic E-state index is 13.1. The van der Waals surface area contributed by atoms with Crippen LogP contribution in [0, 0.1) is 5.82 Å². The number of hydrogen-bond donors (Lipinski definition) is 0. The minimum atomic E-state index is -0.227. The molecule has 178 valence electrons. The van der Waals surface area contributed by atoms with Crippen molar-refractivity contribution in [3.8, 4) is 16.9 Å². The number of piperazine rings is 1. The van der Waals surface area contributed by atoms with E-state index in [4.69, 9.17) is 4.74 Å². The molecule has 1 amide bonds. The lowest BCUT2D eigenvalue weighted by Crippen LogP contribution is -2.48.